The van der Waals surface area contributed by atoms with Gasteiger partial charge in [-0.05, 0) is 146 Å². The average molecular weight is 899 g/mol. The van der Waals surface area contributed by atoms with E-state index >= 15 is 0 Å². The average Bonchev–Trinajstić information content (AvgIpc) is 3.59. The smallest absolute Gasteiger partial charge is 0.340 e. The molecular weight excluding hydrogens is 847 g/mol. The molecule has 67 heavy (non-hydrogen) atoms. The SMILES string of the molecule is CC(=O)[NH2+]c1cccc(-c2ccc3c(c2)C(Nc2ccc(C(=O)NCCCCCNC(=O)c4ccc5c(c4)C(=O)OC54c5ccc(O)cc5Cc5cc(O)ccc54)cc2)CC(C)N3C(C)=O)c1. The van der Waals surface area contributed by atoms with Crippen LogP contribution in [0.3, 0.4) is 0 Å². The van der Waals surface area contributed by atoms with Gasteiger partial charge in [0, 0.05) is 71.3 Å². The van der Waals surface area contributed by atoms with Gasteiger partial charge in [-0.2, -0.15) is 0 Å². The number of benzene rings is 6. The molecule has 13 nitrogen and oxygen atoms in total. The Balaban J connectivity index is 0.771. The van der Waals surface area contributed by atoms with Gasteiger partial charge in [-0.25, -0.2) is 9.59 Å². The Morgan fingerprint density at radius 3 is 2.00 bits per heavy atom. The van der Waals surface area contributed by atoms with E-state index < -0.39 is 11.6 Å². The van der Waals surface area contributed by atoms with E-state index in [-0.39, 0.29) is 52.8 Å². The number of ether oxygens (including phenoxy) is 1. The molecule has 9 rings (SSSR count). The van der Waals surface area contributed by atoms with Crippen LogP contribution in [-0.2, 0) is 26.3 Å². The highest BCUT2D eigenvalue weighted by molar-refractivity contribution is 6.02. The molecule has 2 heterocycles. The van der Waals surface area contributed by atoms with Crippen molar-refractivity contribution in [1.82, 2.24) is 10.6 Å². The lowest BCUT2D eigenvalue weighted by Crippen LogP contribution is -2.81. The molecule has 7 N–H and O–H groups in total. The standard InChI is InChI=1S/C54H51N5O8/c1-31-24-49(45-29-36(13-21-50(45)59(31)33(3)61)35-8-7-9-41(26-35)57-32(2)60)58-40-14-10-34(11-15-40)51(64)55-22-5-4-6-23-56-52(65)37-12-18-48-44(30-37)53(66)67-54(48)46-19-16-42(62)27-38(46)25-39-28-43(63)17-20-47(39)54/h7-21,26-31,49,58,62-63H,4-6,22-25H2,1-3H3,(H,55,64)(H,56,65)(H,57,60)/p+1. The maximum Gasteiger partial charge on any atom is 0.340 e. The highest BCUT2D eigenvalue weighted by atomic mass is 16.6. The number of carbonyl (C=O) groups excluding carboxylic acids is 5. The molecule has 6 aromatic carbocycles. The third kappa shape index (κ3) is 8.73. The number of nitrogens with zero attached hydrogens (tertiary/aromatic N) is 1. The number of hydrogen-bond donors (Lipinski definition) is 6. The number of anilines is 2. The first-order chi connectivity index (χ1) is 32.3. The Morgan fingerprint density at radius 2 is 1.34 bits per heavy atom. The van der Waals surface area contributed by atoms with E-state index in [1.54, 1.807) is 79.0 Å². The number of primary amides is 1. The minimum Gasteiger partial charge on any atom is -0.508 e. The number of fused-ring (bicyclic) bond motifs is 7. The van der Waals surface area contributed by atoms with Gasteiger partial charge in [0.2, 0.25) is 5.91 Å². The number of unbranched alkanes of at least 4 members (excludes halogenated alkanes) is 2. The molecule has 340 valence electrons. The zero-order valence-corrected chi connectivity index (χ0v) is 37.5. The Kier molecular flexibility index (Phi) is 12.1. The monoisotopic (exact) mass is 898 g/mol. The van der Waals surface area contributed by atoms with Gasteiger partial charge in [0.05, 0.1) is 18.5 Å². The Bertz CT molecular complexity index is 2910. The minimum atomic E-state index is -1.29. The molecule has 0 bridgehead atoms. The van der Waals surface area contributed by atoms with Gasteiger partial charge in [0.15, 0.2) is 5.60 Å². The molecule has 2 aliphatic heterocycles. The van der Waals surface area contributed by atoms with Crippen molar-refractivity contribution in [1.29, 1.82) is 0 Å². The van der Waals surface area contributed by atoms with Crippen molar-refractivity contribution in [2.45, 2.75) is 70.6 Å². The lowest BCUT2D eigenvalue weighted by molar-refractivity contribution is -0.481. The molecule has 4 amide bonds. The maximum atomic E-state index is 13.5. The van der Waals surface area contributed by atoms with Crippen molar-refractivity contribution in [3.63, 3.8) is 0 Å². The molecule has 0 radical (unpaired) electrons. The summed E-state index contributed by atoms with van der Waals surface area (Å²) in [5.74, 6) is -0.954. The number of quaternary nitrogens is 1. The fourth-order valence-corrected chi connectivity index (χ4v) is 9.96. The topological polar surface area (TPSA) is 191 Å². The second kappa shape index (κ2) is 18.2. The van der Waals surface area contributed by atoms with Crippen LogP contribution in [0, 0.1) is 0 Å². The fourth-order valence-electron chi connectivity index (χ4n) is 9.96. The van der Waals surface area contributed by atoms with Gasteiger partial charge in [-0.15, -0.1) is 0 Å². The molecule has 0 aromatic heterocycles. The number of nitrogens with two attached hydrogens (primary N) is 1. The summed E-state index contributed by atoms with van der Waals surface area (Å²) in [5, 5.41) is 31.7. The first-order valence-corrected chi connectivity index (χ1v) is 22.6. The normalized spacial score (nSPS) is 16.2. The quantitative estimate of drug-likeness (QED) is 0.0410. The number of phenolic OH excluding ortho intramolecular Hbond substituents is 2. The highest BCUT2D eigenvalue weighted by Gasteiger charge is 2.52. The summed E-state index contributed by atoms with van der Waals surface area (Å²) < 4.78 is 6.21. The molecule has 13 heteroatoms. The predicted octanol–water partition coefficient (Wildman–Crippen LogP) is 7.50. The number of amides is 4. The molecule has 6 aromatic rings. The second-order valence-electron chi connectivity index (χ2n) is 17.7. The lowest BCUT2D eigenvalue weighted by Gasteiger charge is -2.39. The molecule has 0 saturated carbocycles. The van der Waals surface area contributed by atoms with Crippen LogP contribution in [0.2, 0.25) is 0 Å². The number of rotatable bonds is 12. The van der Waals surface area contributed by atoms with Crippen molar-refractivity contribution in [3.8, 4) is 22.6 Å². The second-order valence-corrected chi connectivity index (χ2v) is 17.7. The van der Waals surface area contributed by atoms with Crippen LogP contribution in [0.1, 0.15) is 117 Å². The van der Waals surface area contributed by atoms with E-state index in [1.807, 2.05) is 60.4 Å². The van der Waals surface area contributed by atoms with Gasteiger partial charge >= 0.3 is 11.9 Å². The maximum absolute atomic E-state index is 13.5. The van der Waals surface area contributed by atoms with Gasteiger partial charge in [0.1, 0.15) is 17.2 Å². The number of carbonyl (C=O) groups is 5. The Morgan fingerprint density at radius 1 is 0.716 bits per heavy atom. The summed E-state index contributed by atoms with van der Waals surface area (Å²) >= 11 is 0. The molecule has 0 fully saturated rings. The predicted molar refractivity (Wildman–Crippen MR) is 253 cm³/mol. The van der Waals surface area contributed by atoms with Crippen LogP contribution in [0.4, 0.5) is 17.1 Å². The van der Waals surface area contributed by atoms with Crippen molar-refractivity contribution in [2.75, 3.05) is 23.3 Å². The zero-order chi connectivity index (χ0) is 47.0. The van der Waals surface area contributed by atoms with Gasteiger partial charge < -0.3 is 35.8 Å². The minimum absolute atomic E-state index is 0.0226. The fraction of sp³-hybridized carbons (Fsp3) is 0.241. The molecule has 0 saturated heterocycles. The van der Waals surface area contributed by atoms with Crippen molar-refractivity contribution >= 4 is 46.7 Å². The van der Waals surface area contributed by atoms with E-state index in [0.717, 1.165) is 62.4 Å². The molecule has 1 spiro atoms. The van der Waals surface area contributed by atoms with Crippen LogP contribution in [0.15, 0.2) is 121 Å². The Labute approximate surface area is 388 Å². The van der Waals surface area contributed by atoms with Gasteiger partial charge in [-0.1, -0.05) is 36.4 Å². The van der Waals surface area contributed by atoms with Gasteiger partial charge in [-0.3, -0.25) is 19.7 Å². The summed E-state index contributed by atoms with van der Waals surface area (Å²) in [7, 11) is 0. The molecule has 2 atom stereocenters. The number of hydrogen-bond acceptors (Lipinski definition) is 9. The van der Waals surface area contributed by atoms with E-state index in [9.17, 15) is 34.2 Å². The first-order valence-electron chi connectivity index (χ1n) is 22.6. The molecule has 3 aliphatic rings. The van der Waals surface area contributed by atoms with E-state index in [2.05, 4.69) is 22.0 Å². The van der Waals surface area contributed by atoms with Crippen LogP contribution in [0.25, 0.3) is 11.1 Å². The highest BCUT2D eigenvalue weighted by Crippen LogP contribution is 2.53. The molecular formula is C54H52N5O8+. The lowest BCUT2D eigenvalue weighted by atomic mass is 9.71. The summed E-state index contributed by atoms with van der Waals surface area (Å²) in [4.78, 5) is 66.2. The number of phenols is 2. The third-order valence-electron chi connectivity index (χ3n) is 13.0. The van der Waals surface area contributed by atoms with Crippen LogP contribution >= 0.6 is 0 Å². The zero-order valence-electron chi connectivity index (χ0n) is 37.5. The van der Waals surface area contributed by atoms with E-state index in [0.29, 0.717) is 55.5 Å². The largest absolute Gasteiger partial charge is 0.508 e. The van der Waals surface area contributed by atoms with Crippen molar-refractivity contribution in [2.24, 2.45) is 0 Å². The van der Waals surface area contributed by atoms with Gasteiger partial charge in [0.25, 0.3) is 11.8 Å². The third-order valence-corrected chi connectivity index (χ3v) is 13.0. The summed E-state index contributed by atoms with van der Waals surface area (Å²) in [5.41, 5.74) is 8.86. The van der Waals surface area contributed by atoms with Crippen LogP contribution < -0.4 is 26.2 Å². The summed E-state index contributed by atoms with van der Waals surface area (Å²) in [6.07, 6.45) is 3.28. The molecule has 2 unspecified atom stereocenters. The Hall–Kier alpha value is -7.77. The number of nitrogens with one attached hydrogen (secondary N) is 3. The number of esters is 1. The van der Waals surface area contributed by atoms with E-state index in [4.69, 9.17) is 4.74 Å². The van der Waals surface area contributed by atoms with Crippen molar-refractivity contribution in [3.05, 3.63) is 171 Å². The van der Waals surface area contributed by atoms with E-state index in [1.165, 1.54) is 6.92 Å². The first kappa shape index (κ1) is 44.4. The van der Waals surface area contributed by atoms with Crippen LogP contribution in [-0.4, -0.2) is 58.9 Å². The summed E-state index contributed by atoms with van der Waals surface area (Å²) in [6, 6.07) is 36.0. The van der Waals surface area contributed by atoms with Crippen molar-refractivity contribution < 1.29 is 44.2 Å². The van der Waals surface area contributed by atoms with Crippen LogP contribution in [0.5, 0.6) is 11.5 Å². The molecule has 1 aliphatic carbocycles. The number of aromatic hydroxyl groups is 2. The summed E-state index contributed by atoms with van der Waals surface area (Å²) in [6.45, 7) is 6.03.